The molecule has 3 aromatic heterocycles. The molecule has 0 radical (unpaired) electrons. The highest BCUT2D eigenvalue weighted by Crippen LogP contribution is 2.24. The predicted molar refractivity (Wildman–Crippen MR) is 134 cm³/mol. The minimum absolute atomic E-state index is 0.234. The maximum absolute atomic E-state index is 13.1. The second-order valence-electron chi connectivity index (χ2n) is 7.53. The number of halogens is 1. The largest absolute Gasteiger partial charge is 0.457 e. The number of pyridine rings is 2. The monoisotopic (exact) mass is 513 g/mol. The third kappa shape index (κ3) is 4.97. The lowest BCUT2D eigenvalue weighted by atomic mass is 10.2. The van der Waals surface area contributed by atoms with Crippen LogP contribution in [0, 0.1) is 0 Å². The molecule has 0 bridgehead atoms. The molecule has 7 nitrogen and oxygen atoms in total. The number of carbonyl (C=O) groups excluding carboxylic acids is 1. The van der Waals surface area contributed by atoms with Gasteiger partial charge in [-0.3, -0.25) is 20.1 Å². The predicted octanol–water partition coefficient (Wildman–Crippen LogP) is 5.88. The number of aromatic nitrogens is 4. The minimum atomic E-state index is -0.365. The lowest BCUT2D eigenvalue weighted by molar-refractivity contribution is 0.102. The number of nitrogens with one attached hydrogen (secondary N) is 1. The average Bonchev–Trinajstić information content (AvgIpc) is 3.22. The van der Waals surface area contributed by atoms with Crippen LogP contribution in [0.5, 0.6) is 11.5 Å². The van der Waals surface area contributed by atoms with Crippen molar-refractivity contribution >= 4 is 38.8 Å². The van der Waals surface area contributed by atoms with Gasteiger partial charge in [-0.05, 0) is 54.6 Å². The van der Waals surface area contributed by atoms with Crippen molar-refractivity contribution in [1.82, 2.24) is 19.5 Å². The molecule has 8 heteroatoms. The van der Waals surface area contributed by atoms with E-state index in [-0.39, 0.29) is 11.6 Å². The Morgan fingerprint density at radius 1 is 0.912 bits per heavy atom. The third-order valence-electron chi connectivity index (χ3n) is 5.21. The number of hydrogen-bond donors (Lipinski definition) is 1. The van der Waals surface area contributed by atoms with Gasteiger partial charge >= 0.3 is 0 Å². The molecule has 0 saturated heterocycles. The van der Waals surface area contributed by atoms with Crippen LogP contribution >= 0.6 is 15.9 Å². The SMILES string of the molecule is O=C(Nc1nc2ccccc2n1CCc1ccccn1)c1cc(Oc2ccc(Br)cc2)ccn1. The van der Waals surface area contributed by atoms with Gasteiger partial charge in [-0.15, -0.1) is 0 Å². The fourth-order valence-corrected chi connectivity index (χ4v) is 3.84. The van der Waals surface area contributed by atoms with Gasteiger partial charge in [0.1, 0.15) is 17.2 Å². The fourth-order valence-electron chi connectivity index (χ4n) is 3.57. The summed E-state index contributed by atoms with van der Waals surface area (Å²) in [6.07, 6.45) is 4.03. The average molecular weight is 514 g/mol. The Balaban J connectivity index is 1.37. The van der Waals surface area contributed by atoms with Crippen LogP contribution in [0.2, 0.25) is 0 Å². The maximum Gasteiger partial charge on any atom is 0.276 e. The van der Waals surface area contributed by atoms with Crippen LogP contribution in [0.25, 0.3) is 11.0 Å². The van der Waals surface area contributed by atoms with E-state index < -0.39 is 0 Å². The van der Waals surface area contributed by atoms with E-state index in [1.54, 1.807) is 24.5 Å². The Hall–Kier alpha value is -4.04. The van der Waals surface area contributed by atoms with E-state index in [0.717, 1.165) is 21.2 Å². The summed E-state index contributed by atoms with van der Waals surface area (Å²) in [6.45, 7) is 0.618. The Morgan fingerprint density at radius 3 is 2.56 bits per heavy atom. The molecule has 0 fully saturated rings. The summed E-state index contributed by atoms with van der Waals surface area (Å²) in [4.78, 5) is 26.3. The molecule has 1 amide bonds. The van der Waals surface area contributed by atoms with Crippen molar-refractivity contribution in [3.8, 4) is 11.5 Å². The molecule has 2 aromatic carbocycles. The Morgan fingerprint density at radius 2 is 1.74 bits per heavy atom. The second kappa shape index (κ2) is 9.84. The van der Waals surface area contributed by atoms with Crippen LogP contribution < -0.4 is 10.1 Å². The van der Waals surface area contributed by atoms with E-state index in [1.165, 1.54) is 0 Å². The van der Waals surface area contributed by atoms with E-state index in [9.17, 15) is 4.79 Å². The zero-order valence-corrected chi connectivity index (χ0v) is 19.6. The van der Waals surface area contributed by atoms with Crippen molar-refractivity contribution in [3.63, 3.8) is 0 Å². The van der Waals surface area contributed by atoms with Gasteiger partial charge in [0, 0.05) is 41.6 Å². The summed E-state index contributed by atoms with van der Waals surface area (Å²) in [5, 5.41) is 2.92. The Bertz CT molecular complexity index is 1440. The highest BCUT2D eigenvalue weighted by Gasteiger charge is 2.16. The van der Waals surface area contributed by atoms with Crippen LogP contribution in [-0.2, 0) is 13.0 Å². The van der Waals surface area contributed by atoms with Gasteiger partial charge in [0.15, 0.2) is 0 Å². The normalized spacial score (nSPS) is 10.9. The summed E-state index contributed by atoms with van der Waals surface area (Å²) in [7, 11) is 0. The topological polar surface area (TPSA) is 81.9 Å². The third-order valence-corrected chi connectivity index (χ3v) is 5.74. The molecule has 168 valence electrons. The van der Waals surface area contributed by atoms with Crippen molar-refractivity contribution in [1.29, 1.82) is 0 Å². The smallest absolute Gasteiger partial charge is 0.276 e. The van der Waals surface area contributed by atoms with E-state index in [2.05, 4.69) is 36.2 Å². The quantitative estimate of drug-likeness (QED) is 0.294. The van der Waals surface area contributed by atoms with E-state index in [0.29, 0.717) is 30.4 Å². The molecule has 3 heterocycles. The highest BCUT2D eigenvalue weighted by molar-refractivity contribution is 9.10. The number of ether oxygens (including phenoxy) is 1. The molecule has 0 unspecified atom stereocenters. The standard InChI is InChI=1S/C26H20BrN5O2/c27-18-8-10-20(11-9-18)34-21-12-15-29-23(17-21)25(33)31-26-30-22-6-1-2-7-24(22)32(26)16-13-19-5-3-4-14-28-19/h1-12,14-15,17H,13,16H2,(H,30,31,33). The molecule has 1 N–H and O–H groups in total. The number of fused-ring (bicyclic) bond motifs is 1. The zero-order chi connectivity index (χ0) is 23.3. The number of rotatable bonds is 7. The van der Waals surface area contributed by atoms with Crippen LogP contribution in [-0.4, -0.2) is 25.4 Å². The minimum Gasteiger partial charge on any atom is -0.457 e. The number of imidazole rings is 1. The van der Waals surface area contributed by atoms with Crippen molar-refractivity contribution in [3.05, 3.63) is 107 Å². The molecule has 5 aromatic rings. The first-order valence-corrected chi connectivity index (χ1v) is 11.5. The molecular formula is C26H20BrN5O2. The van der Waals surface area contributed by atoms with Gasteiger partial charge in [-0.2, -0.15) is 0 Å². The number of para-hydroxylation sites is 2. The highest BCUT2D eigenvalue weighted by atomic mass is 79.9. The van der Waals surface area contributed by atoms with Crippen molar-refractivity contribution in [2.45, 2.75) is 13.0 Å². The summed E-state index contributed by atoms with van der Waals surface area (Å²) in [5.41, 5.74) is 2.95. The van der Waals surface area contributed by atoms with E-state index in [4.69, 9.17) is 4.74 Å². The van der Waals surface area contributed by atoms with Crippen molar-refractivity contribution in [2.24, 2.45) is 0 Å². The number of hydrogen-bond acceptors (Lipinski definition) is 5. The Labute approximate surface area is 204 Å². The molecule has 5 rings (SSSR count). The molecule has 0 aliphatic carbocycles. The summed E-state index contributed by atoms with van der Waals surface area (Å²) in [5.74, 6) is 1.28. The number of nitrogens with zero attached hydrogens (tertiary/aromatic N) is 4. The van der Waals surface area contributed by atoms with E-state index in [1.807, 2.05) is 71.3 Å². The molecule has 0 spiro atoms. The number of amides is 1. The van der Waals surface area contributed by atoms with Gasteiger partial charge in [-0.25, -0.2) is 4.98 Å². The summed E-state index contributed by atoms with van der Waals surface area (Å²) < 4.78 is 8.81. The molecule has 0 atom stereocenters. The first-order chi connectivity index (χ1) is 16.7. The molecule has 0 aliphatic heterocycles. The number of carbonyl (C=O) groups is 1. The number of benzene rings is 2. The van der Waals surface area contributed by atoms with Crippen LogP contribution in [0.4, 0.5) is 5.95 Å². The number of aryl methyl sites for hydroxylation is 2. The lowest BCUT2D eigenvalue weighted by Gasteiger charge is -2.11. The van der Waals surface area contributed by atoms with Crippen molar-refractivity contribution in [2.75, 3.05) is 5.32 Å². The zero-order valence-electron chi connectivity index (χ0n) is 18.1. The molecular weight excluding hydrogens is 494 g/mol. The lowest BCUT2D eigenvalue weighted by Crippen LogP contribution is -2.18. The maximum atomic E-state index is 13.1. The first-order valence-electron chi connectivity index (χ1n) is 10.7. The van der Waals surface area contributed by atoms with Crippen LogP contribution in [0.15, 0.2) is 95.7 Å². The fraction of sp³-hybridized carbons (Fsp3) is 0.0769. The van der Waals surface area contributed by atoms with Crippen LogP contribution in [0.1, 0.15) is 16.2 Å². The first kappa shape index (κ1) is 21.8. The van der Waals surface area contributed by atoms with Gasteiger partial charge in [-0.1, -0.05) is 34.1 Å². The van der Waals surface area contributed by atoms with Crippen molar-refractivity contribution < 1.29 is 9.53 Å². The molecule has 34 heavy (non-hydrogen) atoms. The van der Waals surface area contributed by atoms with Gasteiger partial charge in [0.2, 0.25) is 5.95 Å². The Kier molecular flexibility index (Phi) is 6.31. The van der Waals surface area contributed by atoms with Gasteiger partial charge in [0.25, 0.3) is 5.91 Å². The van der Waals surface area contributed by atoms with E-state index >= 15 is 0 Å². The van der Waals surface area contributed by atoms with Gasteiger partial charge < -0.3 is 9.30 Å². The second-order valence-corrected chi connectivity index (χ2v) is 8.45. The number of anilines is 1. The van der Waals surface area contributed by atoms with Crippen LogP contribution in [0.3, 0.4) is 0 Å². The molecule has 0 saturated carbocycles. The summed E-state index contributed by atoms with van der Waals surface area (Å²) in [6, 6.07) is 24.4. The molecule has 0 aliphatic rings. The van der Waals surface area contributed by atoms with Gasteiger partial charge in [0.05, 0.1) is 11.0 Å². The summed E-state index contributed by atoms with van der Waals surface area (Å²) >= 11 is 3.41.